The van der Waals surface area contributed by atoms with Crippen LogP contribution in [-0.4, -0.2) is 31.1 Å². The van der Waals surface area contributed by atoms with Gasteiger partial charge in [0.2, 0.25) is 0 Å². The molecule has 0 aliphatic carbocycles. The number of nitrogens with zero attached hydrogens (tertiary/aromatic N) is 2. The normalized spacial score (nSPS) is 18.7. The summed E-state index contributed by atoms with van der Waals surface area (Å²) in [6.07, 6.45) is -2.38. The fourth-order valence-electron chi connectivity index (χ4n) is 3.78. The van der Waals surface area contributed by atoms with Gasteiger partial charge in [-0.3, -0.25) is 0 Å². The zero-order chi connectivity index (χ0) is 18.3. The quantitative estimate of drug-likeness (QED) is 0.717. The van der Waals surface area contributed by atoms with Crippen LogP contribution < -0.4 is 9.64 Å². The summed E-state index contributed by atoms with van der Waals surface area (Å²) in [4.78, 5) is 4.50. The van der Waals surface area contributed by atoms with Gasteiger partial charge in [-0.05, 0) is 63.3 Å². The van der Waals surface area contributed by atoms with Crippen molar-refractivity contribution in [1.82, 2.24) is 4.90 Å². The van der Waals surface area contributed by atoms with Crippen LogP contribution in [0.1, 0.15) is 24.0 Å². The van der Waals surface area contributed by atoms with Crippen LogP contribution in [0.4, 0.5) is 18.9 Å². The standard InChI is InChI=1S/C20H21F3N2O/c1-24-10-8-16(9-11-24)25-13-14-12-15(20(21,22)23)6-7-18(14)26-19-5-3-2-4-17(19)25/h2-7,12,16H,8-11,13H2,1H3. The van der Waals surface area contributed by atoms with E-state index in [1.54, 1.807) is 0 Å². The fourth-order valence-corrected chi connectivity index (χ4v) is 3.78. The lowest BCUT2D eigenvalue weighted by Gasteiger charge is -2.38. The van der Waals surface area contributed by atoms with Crippen LogP contribution in [0, 0.1) is 0 Å². The Morgan fingerprint density at radius 3 is 2.46 bits per heavy atom. The van der Waals surface area contributed by atoms with Gasteiger partial charge in [0.25, 0.3) is 0 Å². The third-order valence-electron chi connectivity index (χ3n) is 5.25. The maximum atomic E-state index is 13.2. The third-order valence-corrected chi connectivity index (χ3v) is 5.25. The summed E-state index contributed by atoms with van der Waals surface area (Å²) in [5, 5.41) is 0. The molecule has 1 saturated heterocycles. The van der Waals surface area contributed by atoms with Crippen molar-refractivity contribution in [2.45, 2.75) is 31.6 Å². The lowest BCUT2D eigenvalue weighted by Crippen LogP contribution is -2.43. The van der Waals surface area contributed by atoms with E-state index in [0.29, 0.717) is 23.6 Å². The molecule has 6 heteroatoms. The Hall–Kier alpha value is -2.21. The number of hydrogen-bond donors (Lipinski definition) is 0. The van der Waals surface area contributed by atoms with Gasteiger partial charge in [0.05, 0.1) is 11.3 Å². The van der Waals surface area contributed by atoms with E-state index in [-0.39, 0.29) is 6.04 Å². The Bertz CT molecular complexity index is 798. The van der Waals surface area contributed by atoms with E-state index < -0.39 is 11.7 Å². The summed E-state index contributed by atoms with van der Waals surface area (Å²) >= 11 is 0. The Balaban J connectivity index is 1.74. The van der Waals surface area contributed by atoms with Gasteiger partial charge in [-0.25, -0.2) is 0 Å². The van der Waals surface area contributed by atoms with Crippen LogP contribution in [-0.2, 0) is 12.7 Å². The number of rotatable bonds is 1. The van der Waals surface area contributed by atoms with Gasteiger partial charge in [0, 0.05) is 18.2 Å². The molecule has 0 atom stereocenters. The SMILES string of the molecule is CN1CCC(N2Cc3cc(C(F)(F)F)ccc3Oc3ccccc32)CC1. The summed E-state index contributed by atoms with van der Waals surface area (Å²) in [6, 6.07) is 11.7. The highest BCUT2D eigenvalue weighted by Crippen LogP contribution is 2.42. The summed E-state index contributed by atoms with van der Waals surface area (Å²) in [5.74, 6) is 1.20. The van der Waals surface area contributed by atoms with E-state index in [1.807, 2.05) is 24.3 Å². The number of para-hydroxylation sites is 2. The van der Waals surface area contributed by atoms with Crippen molar-refractivity contribution in [2.75, 3.05) is 25.0 Å². The van der Waals surface area contributed by atoms with Gasteiger partial charge in [-0.15, -0.1) is 0 Å². The smallest absolute Gasteiger partial charge is 0.416 e. The molecule has 0 N–H and O–H groups in total. The Kier molecular flexibility index (Phi) is 4.31. The number of fused-ring (bicyclic) bond motifs is 2. The first-order valence-corrected chi connectivity index (χ1v) is 8.84. The van der Waals surface area contributed by atoms with Crippen molar-refractivity contribution < 1.29 is 17.9 Å². The van der Waals surface area contributed by atoms with Crippen molar-refractivity contribution >= 4 is 5.69 Å². The van der Waals surface area contributed by atoms with E-state index >= 15 is 0 Å². The summed E-state index contributed by atoms with van der Waals surface area (Å²) in [6.45, 7) is 2.39. The highest BCUT2D eigenvalue weighted by molar-refractivity contribution is 5.63. The first kappa shape index (κ1) is 17.2. The molecule has 3 nitrogen and oxygen atoms in total. The lowest BCUT2D eigenvalue weighted by molar-refractivity contribution is -0.137. The maximum Gasteiger partial charge on any atom is 0.416 e. The van der Waals surface area contributed by atoms with Crippen LogP contribution in [0.3, 0.4) is 0 Å². The molecule has 1 fully saturated rings. The molecule has 0 bridgehead atoms. The van der Waals surface area contributed by atoms with Crippen molar-refractivity contribution in [1.29, 1.82) is 0 Å². The topological polar surface area (TPSA) is 15.7 Å². The van der Waals surface area contributed by atoms with Crippen molar-refractivity contribution in [2.24, 2.45) is 0 Å². The number of halogens is 3. The predicted molar refractivity (Wildman–Crippen MR) is 94.7 cm³/mol. The van der Waals surface area contributed by atoms with Gasteiger partial charge in [0.15, 0.2) is 5.75 Å². The second-order valence-electron chi connectivity index (χ2n) is 7.05. The highest BCUT2D eigenvalue weighted by atomic mass is 19.4. The molecule has 0 aromatic heterocycles. The van der Waals surface area contributed by atoms with E-state index in [9.17, 15) is 13.2 Å². The molecule has 0 amide bonds. The molecular formula is C20H21F3N2O. The molecule has 2 heterocycles. The van der Waals surface area contributed by atoms with Crippen LogP contribution in [0.5, 0.6) is 11.5 Å². The van der Waals surface area contributed by atoms with E-state index in [4.69, 9.17) is 4.74 Å². The van der Waals surface area contributed by atoms with Crippen molar-refractivity contribution in [3.05, 3.63) is 53.6 Å². The third kappa shape index (κ3) is 3.26. The predicted octanol–water partition coefficient (Wildman–Crippen LogP) is 4.91. The molecule has 0 radical (unpaired) electrons. The van der Waals surface area contributed by atoms with Gasteiger partial charge >= 0.3 is 6.18 Å². The number of likely N-dealkylation sites (tertiary alicyclic amines) is 1. The molecule has 2 aliphatic rings. The number of ether oxygens (including phenoxy) is 1. The molecule has 2 aromatic rings. The lowest BCUT2D eigenvalue weighted by atomic mass is 10.0. The van der Waals surface area contributed by atoms with Gasteiger partial charge in [-0.2, -0.15) is 13.2 Å². The molecule has 26 heavy (non-hydrogen) atoms. The molecule has 0 unspecified atom stereocenters. The van der Waals surface area contributed by atoms with E-state index in [0.717, 1.165) is 37.7 Å². The van der Waals surface area contributed by atoms with Crippen molar-refractivity contribution in [3.8, 4) is 11.5 Å². The van der Waals surface area contributed by atoms with E-state index in [2.05, 4.69) is 16.8 Å². The summed E-state index contributed by atoms with van der Waals surface area (Å²) in [5.41, 5.74) is 0.899. The summed E-state index contributed by atoms with van der Waals surface area (Å²) in [7, 11) is 2.10. The number of anilines is 1. The van der Waals surface area contributed by atoms with Crippen LogP contribution in [0.2, 0.25) is 0 Å². The minimum absolute atomic E-state index is 0.288. The molecule has 2 aliphatic heterocycles. The monoisotopic (exact) mass is 362 g/mol. The Morgan fingerprint density at radius 2 is 1.73 bits per heavy atom. The molecule has 0 spiro atoms. The zero-order valence-electron chi connectivity index (χ0n) is 14.6. The van der Waals surface area contributed by atoms with Gasteiger partial charge in [-0.1, -0.05) is 12.1 Å². The number of piperidine rings is 1. The van der Waals surface area contributed by atoms with Gasteiger partial charge < -0.3 is 14.5 Å². The molecule has 138 valence electrons. The second-order valence-corrected chi connectivity index (χ2v) is 7.05. The molecule has 0 saturated carbocycles. The Morgan fingerprint density at radius 1 is 1.00 bits per heavy atom. The number of benzene rings is 2. The molecular weight excluding hydrogens is 341 g/mol. The zero-order valence-corrected chi connectivity index (χ0v) is 14.6. The van der Waals surface area contributed by atoms with Crippen LogP contribution in [0.25, 0.3) is 0 Å². The summed E-state index contributed by atoms with van der Waals surface area (Å²) < 4.78 is 45.5. The fraction of sp³-hybridized carbons (Fsp3) is 0.400. The van der Waals surface area contributed by atoms with Crippen molar-refractivity contribution in [3.63, 3.8) is 0 Å². The average Bonchev–Trinajstić information content (AvgIpc) is 2.77. The van der Waals surface area contributed by atoms with E-state index in [1.165, 1.54) is 12.1 Å². The average molecular weight is 362 g/mol. The Labute approximate surface area is 151 Å². The first-order valence-electron chi connectivity index (χ1n) is 8.84. The number of hydrogen-bond acceptors (Lipinski definition) is 3. The first-order chi connectivity index (χ1) is 12.4. The molecule has 4 rings (SSSR count). The largest absolute Gasteiger partial charge is 0.455 e. The second kappa shape index (κ2) is 6.50. The molecule has 2 aromatic carbocycles. The van der Waals surface area contributed by atoms with Crippen LogP contribution >= 0.6 is 0 Å². The minimum atomic E-state index is -4.35. The highest BCUT2D eigenvalue weighted by Gasteiger charge is 2.33. The number of alkyl halides is 3. The maximum absolute atomic E-state index is 13.2. The van der Waals surface area contributed by atoms with Crippen LogP contribution in [0.15, 0.2) is 42.5 Å². The minimum Gasteiger partial charge on any atom is -0.455 e. The van der Waals surface area contributed by atoms with Gasteiger partial charge in [0.1, 0.15) is 5.75 Å².